The molecule has 2 aromatic rings. The second kappa shape index (κ2) is 6.93. The number of hydrogen-bond donors (Lipinski definition) is 0. The first kappa shape index (κ1) is 16.8. The molecule has 0 aliphatic heterocycles. The maximum atomic E-state index is 12.5. The molecule has 0 aromatic heterocycles. The second-order valence-electron chi connectivity index (χ2n) is 7.21. The molecule has 2 aliphatic rings. The van der Waals surface area contributed by atoms with E-state index in [0.717, 1.165) is 13.0 Å². The number of benzene rings is 2. The first-order chi connectivity index (χ1) is 12.1. The Hall–Kier alpha value is -1.65. The number of rotatable bonds is 7. The van der Waals surface area contributed by atoms with Crippen LogP contribution in [0.25, 0.3) is 0 Å². The molecule has 1 fully saturated rings. The lowest BCUT2D eigenvalue weighted by molar-refractivity contribution is 0.187. The fourth-order valence-corrected chi connectivity index (χ4v) is 5.38. The summed E-state index contributed by atoms with van der Waals surface area (Å²) in [5.74, 6) is 0.231. The highest BCUT2D eigenvalue weighted by molar-refractivity contribution is 7.91. The summed E-state index contributed by atoms with van der Waals surface area (Å²) in [6.07, 6.45) is 5.52. The minimum atomic E-state index is -3.17. The summed E-state index contributed by atoms with van der Waals surface area (Å²) in [5, 5.41) is 0. The molecule has 1 atom stereocenters. The smallest absolute Gasteiger partial charge is 0.178 e. The topological polar surface area (TPSA) is 37.4 Å². The second-order valence-corrected chi connectivity index (χ2v) is 9.32. The van der Waals surface area contributed by atoms with Crippen molar-refractivity contribution in [3.63, 3.8) is 0 Å². The Bertz CT molecular complexity index is 828. The van der Waals surface area contributed by atoms with Crippen molar-refractivity contribution in [2.24, 2.45) is 0 Å². The van der Waals surface area contributed by atoms with Crippen LogP contribution in [0, 0.1) is 0 Å². The normalized spacial score (nSPS) is 20.0. The first-order valence-corrected chi connectivity index (χ1v) is 10.9. The zero-order valence-corrected chi connectivity index (χ0v) is 15.3. The van der Waals surface area contributed by atoms with E-state index in [-0.39, 0.29) is 5.75 Å². The van der Waals surface area contributed by atoms with Gasteiger partial charge in [-0.15, -0.1) is 0 Å². The molecule has 0 radical (unpaired) electrons. The molecular formula is C21H25NO2S. The predicted octanol–water partition coefficient (Wildman–Crippen LogP) is 4.00. The van der Waals surface area contributed by atoms with Crippen molar-refractivity contribution in [3.8, 4) is 0 Å². The average molecular weight is 356 g/mol. The molecule has 1 unspecified atom stereocenters. The molecule has 25 heavy (non-hydrogen) atoms. The van der Waals surface area contributed by atoms with E-state index in [2.05, 4.69) is 29.2 Å². The Morgan fingerprint density at radius 2 is 1.64 bits per heavy atom. The molecule has 2 aromatic carbocycles. The minimum absolute atomic E-state index is 0.231. The number of aryl methyl sites for hydroxylation is 1. The lowest BCUT2D eigenvalue weighted by atomic mass is 10.1. The van der Waals surface area contributed by atoms with Crippen molar-refractivity contribution in [2.45, 2.75) is 49.1 Å². The molecule has 1 saturated carbocycles. The monoisotopic (exact) mass is 355 g/mol. The van der Waals surface area contributed by atoms with Crippen molar-refractivity contribution in [2.75, 3.05) is 12.3 Å². The van der Waals surface area contributed by atoms with E-state index in [9.17, 15) is 8.42 Å². The summed E-state index contributed by atoms with van der Waals surface area (Å²) in [6, 6.07) is 18.7. The van der Waals surface area contributed by atoms with Crippen molar-refractivity contribution in [1.82, 2.24) is 4.90 Å². The van der Waals surface area contributed by atoms with E-state index in [1.165, 1.54) is 30.4 Å². The standard InChI is InChI=1S/C21H25NO2S/c23-25(24,19-8-2-1-3-9-19)16-6-15-22(18-12-13-18)21-14-11-17-7-4-5-10-20(17)21/h1-5,7-10,18,21H,6,11-16H2. The molecule has 3 nitrogen and oxygen atoms in total. The highest BCUT2D eigenvalue weighted by Crippen LogP contribution is 2.41. The number of sulfone groups is 1. The van der Waals surface area contributed by atoms with Crippen LogP contribution in [0.3, 0.4) is 0 Å². The van der Waals surface area contributed by atoms with Gasteiger partial charge >= 0.3 is 0 Å². The van der Waals surface area contributed by atoms with Crippen LogP contribution in [-0.2, 0) is 16.3 Å². The third kappa shape index (κ3) is 3.65. The Labute approximate surface area is 150 Å². The average Bonchev–Trinajstić information content (AvgIpc) is 3.39. The van der Waals surface area contributed by atoms with E-state index in [1.54, 1.807) is 24.3 Å². The van der Waals surface area contributed by atoms with Gasteiger partial charge in [0.25, 0.3) is 0 Å². The molecule has 2 aliphatic carbocycles. The summed E-state index contributed by atoms with van der Waals surface area (Å²) < 4.78 is 25.0. The van der Waals surface area contributed by atoms with Crippen LogP contribution in [0.5, 0.6) is 0 Å². The van der Waals surface area contributed by atoms with Gasteiger partial charge in [-0.1, -0.05) is 42.5 Å². The van der Waals surface area contributed by atoms with Crippen LogP contribution in [0.1, 0.15) is 42.9 Å². The Balaban J connectivity index is 1.42. The van der Waals surface area contributed by atoms with Crippen LogP contribution < -0.4 is 0 Å². The predicted molar refractivity (Wildman–Crippen MR) is 100 cm³/mol. The number of fused-ring (bicyclic) bond motifs is 1. The van der Waals surface area contributed by atoms with Gasteiger partial charge in [-0.05, 0) is 55.4 Å². The molecule has 0 saturated heterocycles. The fourth-order valence-electron chi connectivity index (χ4n) is 4.06. The molecular weight excluding hydrogens is 330 g/mol. The van der Waals surface area contributed by atoms with E-state index in [0.29, 0.717) is 23.4 Å². The lowest BCUT2D eigenvalue weighted by Gasteiger charge is -2.29. The summed E-state index contributed by atoms with van der Waals surface area (Å²) in [4.78, 5) is 3.02. The Morgan fingerprint density at radius 1 is 0.920 bits per heavy atom. The minimum Gasteiger partial charge on any atom is -0.293 e. The van der Waals surface area contributed by atoms with Crippen LogP contribution in [-0.4, -0.2) is 31.7 Å². The third-order valence-electron chi connectivity index (χ3n) is 5.45. The van der Waals surface area contributed by atoms with Gasteiger partial charge < -0.3 is 0 Å². The Morgan fingerprint density at radius 3 is 2.40 bits per heavy atom. The molecule has 0 N–H and O–H groups in total. The fraction of sp³-hybridized carbons (Fsp3) is 0.429. The third-order valence-corrected chi connectivity index (χ3v) is 7.27. The number of hydrogen-bond acceptors (Lipinski definition) is 3. The first-order valence-electron chi connectivity index (χ1n) is 9.26. The highest BCUT2D eigenvalue weighted by Gasteiger charge is 2.37. The maximum Gasteiger partial charge on any atom is 0.178 e. The van der Waals surface area contributed by atoms with Gasteiger partial charge in [0.1, 0.15) is 0 Å². The van der Waals surface area contributed by atoms with Gasteiger partial charge in [-0.2, -0.15) is 0 Å². The maximum absolute atomic E-state index is 12.5. The summed E-state index contributed by atoms with van der Waals surface area (Å²) in [7, 11) is -3.17. The Kier molecular flexibility index (Phi) is 4.65. The molecule has 0 heterocycles. The van der Waals surface area contributed by atoms with Crippen molar-refractivity contribution in [3.05, 3.63) is 65.7 Å². The number of nitrogens with zero attached hydrogens (tertiary/aromatic N) is 1. The summed E-state index contributed by atoms with van der Waals surface area (Å²) in [5.41, 5.74) is 2.93. The molecule has 4 rings (SSSR count). The molecule has 0 spiro atoms. The van der Waals surface area contributed by atoms with Gasteiger partial charge in [-0.25, -0.2) is 8.42 Å². The molecule has 4 heteroatoms. The lowest BCUT2D eigenvalue weighted by Crippen LogP contribution is -2.31. The SMILES string of the molecule is O=S(=O)(CCCN(C1CC1)C1CCc2ccccc21)c1ccccc1. The van der Waals surface area contributed by atoms with Gasteiger partial charge in [0, 0.05) is 18.6 Å². The van der Waals surface area contributed by atoms with Crippen LogP contribution in [0.15, 0.2) is 59.5 Å². The molecule has 0 bridgehead atoms. The highest BCUT2D eigenvalue weighted by atomic mass is 32.2. The summed E-state index contributed by atoms with van der Waals surface area (Å²) in [6.45, 7) is 0.871. The zero-order valence-electron chi connectivity index (χ0n) is 14.5. The van der Waals surface area contributed by atoms with Gasteiger partial charge in [0.2, 0.25) is 0 Å². The van der Waals surface area contributed by atoms with Crippen molar-refractivity contribution in [1.29, 1.82) is 0 Å². The van der Waals surface area contributed by atoms with Crippen molar-refractivity contribution < 1.29 is 8.42 Å². The van der Waals surface area contributed by atoms with Gasteiger partial charge in [-0.3, -0.25) is 4.90 Å². The largest absolute Gasteiger partial charge is 0.293 e. The quantitative estimate of drug-likeness (QED) is 0.753. The van der Waals surface area contributed by atoms with Crippen LogP contribution in [0.4, 0.5) is 0 Å². The van der Waals surface area contributed by atoms with Gasteiger partial charge in [0.15, 0.2) is 9.84 Å². The van der Waals surface area contributed by atoms with Crippen molar-refractivity contribution >= 4 is 9.84 Å². The summed E-state index contributed by atoms with van der Waals surface area (Å²) >= 11 is 0. The van der Waals surface area contributed by atoms with Crippen LogP contribution in [0.2, 0.25) is 0 Å². The van der Waals surface area contributed by atoms with E-state index in [4.69, 9.17) is 0 Å². The van der Waals surface area contributed by atoms with E-state index < -0.39 is 9.84 Å². The molecule has 132 valence electrons. The van der Waals surface area contributed by atoms with Gasteiger partial charge in [0.05, 0.1) is 10.6 Å². The zero-order chi connectivity index (χ0) is 17.3. The van der Waals surface area contributed by atoms with Crippen LogP contribution >= 0.6 is 0 Å². The van der Waals surface area contributed by atoms with E-state index >= 15 is 0 Å². The molecule has 0 amide bonds. The van der Waals surface area contributed by atoms with E-state index in [1.807, 2.05) is 6.07 Å².